The molecule has 0 atom stereocenters. The minimum absolute atomic E-state index is 0.0469. The Morgan fingerprint density at radius 2 is 2.00 bits per heavy atom. The molecular formula is C9H14FNO. The normalized spacial score (nSPS) is 8.42. The molecule has 0 bridgehead atoms. The molecule has 1 rings (SSSR count). The van der Waals surface area contributed by atoms with E-state index in [0.717, 1.165) is 5.56 Å². The molecular weight excluding hydrogens is 157 g/mol. The predicted octanol–water partition coefficient (Wildman–Crippen LogP) is 2.56. The Labute approximate surface area is 72.4 Å². The number of nitrogens with zero attached hydrogens (tertiary/aromatic N) is 1. The van der Waals surface area contributed by atoms with E-state index in [0.29, 0.717) is 0 Å². The van der Waals surface area contributed by atoms with Crippen molar-refractivity contribution < 1.29 is 9.13 Å². The zero-order valence-electron chi connectivity index (χ0n) is 7.89. The van der Waals surface area contributed by atoms with Crippen molar-refractivity contribution in [3.05, 3.63) is 23.6 Å². The van der Waals surface area contributed by atoms with Gasteiger partial charge in [-0.2, -0.15) is 0 Å². The van der Waals surface area contributed by atoms with Gasteiger partial charge in [-0.05, 0) is 18.6 Å². The molecule has 0 fully saturated rings. The maximum atomic E-state index is 12.7. The fourth-order valence-corrected chi connectivity index (χ4v) is 0.671. The number of hydrogen-bond acceptors (Lipinski definition) is 2. The van der Waals surface area contributed by atoms with Crippen LogP contribution < -0.4 is 4.74 Å². The summed E-state index contributed by atoms with van der Waals surface area (Å²) in [4.78, 5) is 3.70. The lowest BCUT2D eigenvalue weighted by Crippen LogP contribution is -1.91. The largest absolute Gasteiger partial charge is 0.479 e. The Balaban J connectivity index is 0.000000561. The summed E-state index contributed by atoms with van der Waals surface area (Å²) in [5.41, 5.74) is 0.790. The lowest BCUT2D eigenvalue weighted by atomic mass is 10.3. The number of aryl methyl sites for hydroxylation is 1. The van der Waals surface area contributed by atoms with Crippen molar-refractivity contribution in [2.24, 2.45) is 0 Å². The van der Waals surface area contributed by atoms with Crippen molar-refractivity contribution in [1.82, 2.24) is 4.98 Å². The molecule has 0 amide bonds. The van der Waals surface area contributed by atoms with Gasteiger partial charge in [0.05, 0.1) is 7.11 Å². The van der Waals surface area contributed by atoms with Crippen LogP contribution in [0.4, 0.5) is 4.39 Å². The molecule has 0 aliphatic rings. The molecule has 0 aliphatic heterocycles. The molecule has 0 radical (unpaired) electrons. The molecule has 0 aromatic carbocycles. The summed E-state index contributed by atoms with van der Waals surface area (Å²) in [6.45, 7) is 5.77. The van der Waals surface area contributed by atoms with Gasteiger partial charge in [-0.3, -0.25) is 0 Å². The molecule has 0 saturated carbocycles. The molecule has 68 valence electrons. The Morgan fingerprint density at radius 1 is 1.42 bits per heavy atom. The second-order valence-corrected chi connectivity index (χ2v) is 2.00. The second-order valence-electron chi connectivity index (χ2n) is 2.00. The number of pyridine rings is 1. The van der Waals surface area contributed by atoms with Gasteiger partial charge in [0.1, 0.15) is 0 Å². The fourth-order valence-electron chi connectivity index (χ4n) is 0.671. The van der Waals surface area contributed by atoms with Crippen LogP contribution in [0.1, 0.15) is 19.4 Å². The quantitative estimate of drug-likeness (QED) is 0.647. The summed E-state index contributed by atoms with van der Waals surface area (Å²) in [6, 6.07) is 1.38. The van der Waals surface area contributed by atoms with Gasteiger partial charge < -0.3 is 4.74 Å². The monoisotopic (exact) mass is 171 g/mol. The van der Waals surface area contributed by atoms with Gasteiger partial charge in [0.2, 0.25) is 5.88 Å². The van der Waals surface area contributed by atoms with E-state index in [-0.39, 0.29) is 5.88 Å². The van der Waals surface area contributed by atoms with Gasteiger partial charge >= 0.3 is 0 Å². The molecule has 0 spiro atoms. The van der Waals surface area contributed by atoms with E-state index in [2.05, 4.69) is 9.72 Å². The smallest absolute Gasteiger partial charge is 0.250 e. The van der Waals surface area contributed by atoms with Gasteiger partial charge in [-0.25, -0.2) is 9.37 Å². The van der Waals surface area contributed by atoms with Crippen molar-refractivity contribution in [2.45, 2.75) is 20.8 Å². The van der Waals surface area contributed by atoms with E-state index >= 15 is 0 Å². The van der Waals surface area contributed by atoms with E-state index < -0.39 is 5.82 Å². The van der Waals surface area contributed by atoms with Crippen molar-refractivity contribution in [3.8, 4) is 5.88 Å². The predicted molar refractivity (Wildman–Crippen MR) is 46.8 cm³/mol. The van der Waals surface area contributed by atoms with Crippen LogP contribution in [-0.2, 0) is 0 Å². The first-order valence-electron chi connectivity index (χ1n) is 3.90. The Bertz CT molecular complexity index is 238. The lowest BCUT2D eigenvalue weighted by Gasteiger charge is -1.98. The van der Waals surface area contributed by atoms with Gasteiger partial charge in [-0.15, -0.1) is 0 Å². The lowest BCUT2D eigenvalue weighted by molar-refractivity contribution is 0.369. The van der Waals surface area contributed by atoms with Crippen LogP contribution in [0.5, 0.6) is 5.88 Å². The third-order valence-corrected chi connectivity index (χ3v) is 1.14. The summed E-state index contributed by atoms with van der Waals surface area (Å²) in [5, 5.41) is 0. The van der Waals surface area contributed by atoms with E-state index in [1.54, 1.807) is 13.1 Å². The number of methoxy groups -OCH3 is 1. The SMILES string of the molecule is CC.COc1ncc(C)cc1F. The Morgan fingerprint density at radius 3 is 2.42 bits per heavy atom. The number of ether oxygens (including phenoxy) is 1. The van der Waals surface area contributed by atoms with Crippen LogP contribution in [-0.4, -0.2) is 12.1 Å². The topological polar surface area (TPSA) is 22.1 Å². The van der Waals surface area contributed by atoms with Crippen LogP contribution in [0.2, 0.25) is 0 Å². The zero-order chi connectivity index (χ0) is 9.56. The van der Waals surface area contributed by atoms with Crippen LogP contribution in [0.25, 0.3) is 0 Å². The maximum absolute atomic E-state index is 12.7. The standard InChI is InChI=1S/C7H8FNO.C2H6/c1-5-3-6(8)7(10-2)9-4-5;1-2/h3-4H,1-2H3;1-2H3. The van der Waals surface area contributed by atoms with Crippen molar-refractivity contribution in [2.75, 3.05) is 7.11 Å². The van der Waals surface area contributed by atoms with E-state index in [1.165, 1.54) is 13.2 Å². The summed E-state index contributed by atoms with van der Waals surface area (Å²) in [5.74, 6) is -0.367. The van der Waals surface area contributed by atoms with Crippen LogP contribution in [0.15, 0.2) is 12.3 Å². The highest BCUT2D eigenvalue weighted by atomic mass is 19.1. The first-order valence-corrected chi connectivity index (χ1v) is 3.90. The Kier molecular flexibility index (Phi) is 5.00. The van der Waals surface area contributed by atoms with Crippen LogP contribution >= 0.6 is 0 Å². The zero-order valence-corrected chi connectivity index (χ0v) is 7.89. The first-order chi connectivity index (χ1) is 5.74. The molecule has 1 aromatic heterocycles. The molecule has 0 N–H and O–H groups in total. The molecule has 1 aromatic rings. The fraction of sp³-hybridized carbons (Fsp3) is 0.444. The minimum Gasteiger partial charge on any atom is -0.479 e. The maximum Gasteiger partial charge on any atom is 0.250 e. The number of halogens is 1. The summed E-state index contributed by atoms with van der Waals surface area (Å²) < 4.78 is 17.3. The average Bonchev–Trinajstić information content (AvgIpc) is 2.08. The highest BCUT2D eigenvalue weighted by molar-refractivity contribution is 5.18. The van der Waals surface area contributed by atoms with Gasteiger partial charge in [0.15, 0.2) is 5.82 Å². The number of rotatable bonds is 1. The van der Waals surface area contributed by atoms with Crippen molar-refractivity contribution in [1.29, 1.82) is 0 Å². The Hall–Kier alpha value is -1.12. The highest BCUT2D eigenvalue weighted by Crippen LogP contribution is 2.12. The van der Waals surface area contributed by atoms with Crippen molar-refractivity contribution >= 4 is 0 Å². The molecule has 2 nitrogen and oxygen atoms in total. The third-order valence-electron chi connectivity index (χ3n) is 1.14. The van der Waals surface area contributed by atoms with E-state index in [1.807, 2.05) is 13.8 Å². The first kappa shape index (κ1) is 10.9. The summed E-state index contributed by atoms with van der Waals surface area (Å²) in [6.07, 6.45) is 1.56. The molecule has 3 heteroatoms. The molecule has 0 saturated heterocycles. The van der Waals surface area contributed by atoms with Gasteiger partial charge in [-0.1, -0.05) is 13.8 Å². The average molecular weight is 171 g/mol. The van der Waals surface area contributed by atoms with Gasteiger partial charge in [0, 0.05) is 6.20 Å². The number of hydrogen-bond donors (Lipinski definition) is 0. The molecule has 0 aliphatic carbocycles. The minimum atomic E-state index is -0.414. The van der Waals surface area contributed by atoms with Crippen molar-refractivity contribution in [3.63, 3.8) is 0 Å². The molecule has 12 heavy (non-hydrogen) atoms. The van der Waals surface area contributed by atoms with E-state index in [9.17, 15) is 4.39 Å². The molecule has 0 unspecified atom stereocenters. The molecule has 1 heterocycles. The highest BCUT2D eigenvalue weighted by Gasteiger charge is 2.01. The summed E-state index contributed by atoms with van der Waals surface area (Å²) in [7, 11) is 1.39. The van der Waals surface area contributed by atoms with E-state index in [4.69, 9.17) is 0 Å². The van der Waals surface area contributed by atoms with Crippen LogP contribution in [0.3, 0.4) is 0 Å². The number of aromatic nitrogens is 1. The van der Waals surface area contributed by atoms with Crippen LogP contribution in [0, 0.1) is 12.7 Å². The third kappa shape index (κ3) is 2.86. The second kappa shape index (κ2) is 5.52. The summed E-state index contributed by atoms with van der Waals surface area (Å²) >= 11 is 0. The van der Waals surface area contributed by atoms with Gasteiger partial charge in [0.25, 0.3) is 0 Å².